The van der Waals surface area contributed by atoms with Crippen molar-refractivity contribution in [2.45, 2.75) is 63.8 Å². The van der Waals surface area contributed by atoms with Gasteiger partial charge >= 0.3 is 0 Å². The molecule has 1 atom stereocenters. The number of carbonyl (C=O) groups is 1. The van der Waals surface area contributed by atoms with Crippen LogP contribution in [0.3, 0.4) is 0 Å². The van der Waals surface area contributed by atoms with Gasteiger partial charge < -0.3 is 10.6 Å². The van der Waals surface area contributed by atoms with Crippen LogP contribution in [0.1, 0.15) is 65.1 Å². The van der Waals surface area contributed by atoms with Crippen molar-refractivity contribution >= 4 is 29.7 Å². The Morgan fingerprint density at radius 2 is 1.95 bits per heavy atom. The Bertz CT molecular complexity index is 477. The van der Waals surface area contributed by atoms with Gasteiger partial charge in [0.25, 0.3) is 5.91 Å². The molecule has 5 heteroatoms. The van der Waals surface area contributed by atoms with Crippen molar-refractivity contribution in [3.63, 3.8) is 0 Å². The lowest BCUT2D eigenvalue weighted by molar-refractivity contribution is 0.0628. The van der Waals surface area contributed by atoms with Crippen molar-refractivity contribution in [2.24, 2.45) is 5.73 Å². The number of hydrogen-bond donors (Lipinski definition) is 1. The van der Waals surface area contributed by atoms with Crippen LogP contribution in [0, 0.1) is 0 Å². The van der Waals surface area contributed by atoms with Crippen molar-refractivity contribution in [1.29, 1.82) is 0 Å². The first-order valence-electron chi connectivity index (χ1n) is 8.42. The number of nitrogens with two attached hydrogens (primary N) is 1. The van der Waals surface area contributed by atoms with Gasteiger partial charge in [-0.1, -0.05) is 12.8 Å². The number of fused-ring (bicyclic) bond motifs is 1. The molecule has 2 N–H and O–H groups in total. The summed E-state index contributed by atoms with van der Waals surface area (Å²) in [4.78, 5) is 17.3. The lowest BCUT2D eigenvalue weighted by Gasteiger charge is -2.34. The van der Waals surface area contributed by atoms with E-state index >= 15 is 0 Å². The maximum Gasteiger partial charge on any atom is 0.264 e. The molecule has 1 fully saturated rings. The number of hydrogen-bond acceptors (Lipinski definition) is 3. The SMILES string of the molecule is Cl.NCC1CCCCN1C(=O)c1cc2c(s1)CCCCCC2. The van der Waals surface area contributed by atoms with Gasteiger partial charge in [-0.2, -0.15) is 0 Å². The molecule has 2 heterocycles. The Morgan fingerprint density at radius 1 is 1.18 bits per heavy atom. The highest BCUT2D eigenvalue weighted by Gasteiger charge is 2.28. The molecule has 1 aromatic heterocycles. The van der Waals surface area contributed by atoms with E-state index in [-0.39, 0.29) is 24.4 Å². The van der Waals surface area contributed by atoms with Crippen molar-refractivity contribution in [3.05, 3.63) is 21.4 Å². The minimum Gasteiger partial charge on any atom is -0.334 e. The van der Waals surface area contributed by atoms with Crippen LogP contribution in [-0.4, -0.2) is 29.9 Å². The van der Waals surface area contributed by atoms with Crippen LogP contribution in [0.2, 0.25) is 0 Å². The van der Waals surface area contributed by atoms with Gasteiger partial charge in [-0.3, -0.25) is 4.79 Å². The fourth-order valence-electron chi connectivity index (χ4n) is 3.60. The first kappa shape index (κ1) is 17.8. The minimum absolute atomic E-state index is 0. The van der Waals surface area contributed by atoms with Crippen molar-refractivity contribution in [3.8, 4) is 0 Å². The van der Waals surface area contributed by atoms with Crippen LogP contribution in [0.5, 0.6) is 0 Å². The molecule has 3 nitrogen and oxygen atoms in total. The number of piperidine rings is 1. The van der Waals surface area contributed by atoms with Crippen molar-refractivity contribution in [1.82, 2.24) is 4.90 Å². The summed E-state index contributed by atoms with van der Waals surface area (Å²) in [7, 11) is 0. The Morgan fingerprint density at radius 3 is 2.73 bits per heavy atom. The largest absolute Gasteiger partial charge is 0.334 e. The molecular formula is C17H27ClN2OS. The first-order valence-corrected chi connectivity index (χ1v) is 9.24. The van der Waals surface area contributed by atoms with E-state index in [0.29, 0.717) is 6.54 Å². The molecule has 2 aliphatic rings. The number of carbonyl (C=O) groups excluding carboxylic acids is 1. The third-order valence-corrected chi connectivity index (χ3v) is 6.09. The zero-order valence-corrected chi connectivity index (χ0v) is 14.8. The van der Waals surface area contributed by atoms with Gasteiger partial charge in [0.2, 0.25) is 0 Å². The Labute approximate surface area is 143 Å². The smallest absolute Gasteiger partial charge is 0.264 e. The summed E-state index contributed by atoms with van der Waals surface area (Å²) in [5.74, 6) is 0.224. The maximum atomic E-state index is 12.8. The van der Waals surface area contributed by atoms with Crippen LogP contribution in [0.25, 0.3) is 0 Å². The van der Waals surface area contributed by atoms with Crippen LogP contribution in [-0.2, 0) is 12.8 Å². The maximum absolute atomic E-state index is 12.8. The number of amides is 1. The molecule has 1 aromatic rings. The van der Waals surface area contributed by atoms with Gasteiger partial charge in [0.05, 0.1) is 4.88 Å². The van der Waals surface area contributed by atoms with Gasteiger partial charge in [-0.05, 0) is 56.6 Å². The summed E-state index contributed by atoms with van der Waals surface area (Å²) in [5, 5.41) is 0. The first-order chi connectivity index (χ1) is 10.3. The highest BCUT2D eigenvalue weighted by atomic mass is 35.5. The summed E-state index contributed by atoms with van der Waals surface area (Å²) in [6.45, 7) is 1.47. The molecule has 1 unspecified atom stereocenters. The molecule has 22 heavy (non-hydrogen) atoms. The number of rotatable bonds is 2. The van der Waals surface area contributed by atoms with E-state index in [1.54, 1.807) is 11.3 Å². The predicted octanol–water partition coefficient (Wildman–Crippen LogP) is 3.78. The van der Waals surface area contributed by atoms with E-state index < -0.39 is 0 Å². The average Bonchev–Trinajstić information content (AvgIpc) is 2.88. The zero-order chi connectivity index (χ0) is 14.7. The van der Waals surface area contributed by atoms with Gasteiger partial charge in [-0.25, -0.2) is 0 Å². The fourth-order valence-corrected chi connectivity index (χ4v) is 4.81. The van der Waals surface area contributed by atoms with E-state index in [1.807, 2.05) is 4.90 Å². The number of aryl methyl sites for hydroxylation is 2. The molecule has 3 rings (SSSR count). The van der Waals surface area contributed by atoms with Crippen molar-refractivity contribution < 1.29 is 4.79 Å². The molecular weight excluding hydrogens is 316 g/mol. The third-order valence-electron chi connectivity index (χ3n) is 4.87. The summed E-state index contributed by atoms with van der Waals surface area (Å²) in [6.07, 6.45) is 10.9. The van der Waals surface area contributed by atoms with E-state index in [9.17, 15) is 4.79 Å². The van der Waals surface area contributed by atoms with Crippen molar-refractivity contribution in [2.75, 3.05) is 13.1 Å². The minimum atomic E-state index is 0. The van der Waals surface area contributed by atoms with Gasteiger partial charge in [0.1, 0.15) is 0 Å². The number of halogens is 1. The molecule has 1 saturated heterocycles. The third kappa shape index (κ3) is 3.84. The topological polar surface area (TPSA) is 46.3 Å². The average molecular weight is 343 g/mol. The molecule has 0 spiro atoms. The summed E-state index contributed by atoms with van der Waals surface area (Å²) < 4.78 is 0. The lowest BCUT2D eigenvalue weighted by Crippen LogP contribution is -2.47. The fraction of sp³-hybridized carbons (Fsp3) is 0.706. The molecule has 124 valence electrons. The summed E-state index contributed by atoms with van der Waals surface area (Å²) in [5.41, 5.74) is 7.29. The molecule has 1 amide bonds. The van der Waals surface area contributed by atoms with E-state index in [0.717, 1.165) is 37.1 Å². The second-order valence-electron chi connectivity index (χ2n) is 6.36. The highest BCUT2D eigenvalue weighted by Crippen LogP contribution is 2.30. The number of thiophene rings is 1. The van der Waals surface area contributed by atoms with Crippen LogP contribution >= 0.6 is 23.7 Å². The van der Waals surface area contributed by atoms with E-state index in [4.69, 9.17) is 5.73 Å². The van der Waals surface area contributed by atoms with Crippen LogP contribution in [0.15, 0.2) is 6.07 Å². The second kappa shape index (κ2) is 8.32. The summed E-state index contributed by atoms with van der Waals surface area (Å²) >= 11 is 1.74. The second-order valence-corrected chi connectivity index (χ2v) is 7.49. The molecule has 1 aliphatic carbocycles. The number of likely N-dealkylation sites (tertiary alicyclic amines) is 1. The monoisotopic (exact) mass is 342 g/mol. The Balaban J connectivity index is 0.00000176. The quantitative estimate of drug-likeness (QED) is 0.889. The van der Waals surface area contributed by atoms with Crippen LogP contribution in [0.4, 0.5) is 0 Å². The highest BCUT2D eigenvalue weighted by molar-refractivity contribution is 7.14. The van der Waals surface area contributed by atoms with Gasteiger partial charge in [-0.15, -0.1) is 23.7 Å². The Hall–Kier alpha value is -0.580. The molecule has 0 radical (unpaired) electrons. The normalized spacial score (nSPS) is 22.2. The summed E-state index contributed by atoms with van der Waals surface area (Å²) in [6, 6.07) is 2.42. The van der Waals surface area contributed by atoms with E-state index in [1.165, 1.54) is 42.5 Å². The van der Waals surface area contributed by atoms with Gasteiger partial charge in [0.15, 0.2) is 0 Å². The lowest BCUT2D eigenvalue weighted by atomic mass is 9.99. The molecule has 0 bridgehead atoms. The standard InChI is InChI=1S/C17H26N2OS.ClH/c18-12-14-8-5-6-10-19(14)17(20)16-11-13-7-3-1-2-4-9-15(13)21-16;/h11,14H,1-10,12,18H2;1H. The van der Waals surface area contributed by atoms with E-state index in [2.05, 4.69) is 6.07 Å². The number of nitrogens with zero attached hydrogens (tertiary/aromatic N) is 1. The predicted molar refractivity (Wildman–Crippen MR) is 95.2 cm³/mol. The van der Waals surface area contributed by atoms with Crippen LogP contribution < -0.4 is 5.73 Å². The van der Waals surface area contributed by atoms with Gasteiger partial charge in [0, 0.05) is 24.0 Å². The molecule has 1 aliphatic heterocycles. The molecule has 0 saturated carbocycles. The molecule has 0 aromatic carbocycles. The Kier molecular flexibility index (Phi) is 6.72. The zero-order valence-electron chi connectivity index (χ0n) is 13.2.